The number of hydrogen-bond acceptors (Lipinski definition) is 6. The maximum Gasteiger partial charge on any atom is 0.355 e. The summed E-state index contributed by atoms with van der Waals surface area (Å²) in [6, 6.07) is 12.5. The number of benzene rings is 2. The average Bonchev–Trinajstić information content (AvgIpc) is 2.99. The first-order chi connectivity index (χ1) is 13.0. The molecule has 0 bridgehead atoms. The molecule has 0 radical (unpaired) electrons. The Morgan fingerprint density at radius 1 is 1.30 bits per heavy atom. The zero-order valence-electron chi connectivity index (χ0n) is 14.1. The molecule has 0 atom stereocenters. The molecular formula is C18H14ClN3O3S2. The molecule has 27 heavy (non-hydrogen) atoms. The Hall–Kier alpha value is -2.68. The van der Waals surface area contributed by atoms with E-state index in [1.165, 1.54) is 24.7 Å². The van der Waals surface area contributed by atoms with Crippen molar-refractivity contribution < 1.29 is 14.3 Å². The van der Waals surface area contributed by atoms with Crippen LogP contribution in [0.15, 0.2) is 47.6 Å². The maximum atomic E-state index is 12.6. The van der Waals surface area contributed by atoms with Crippen molar-refractivity contribution in [3.8, 4) is 11.5 Å². The maximum absolute atomic E-state index is 12.6. The Kier molecular flexibility index (Phi) is 5.90. The van der Waals surface area contributed by atoms with Crippen molar-refractivity contribution in [3.05, 3.63) is 57.9 Å². The van der Waals surface area contributed by atoms with Crippen LogP contribution in [0.2, 0.25) is 5.02 Å². The quantitative estimate of drug-likeness (QED) is 0.214. The number of esters is 1. The van der Waals surface area contributed by atoms with E-state index in [0.29, 0.717) is 21.2 Å². The van der Waals surface area contributed by atoms with E-state index in [0.717, 1.165) is 10.1 Å². The Labute approximate surface area is 169 Å². The number of thiocarbonyl (C=S) groups is 1. The Morgan fingerprint density at radius 3 is 2.78 bits per heavy atom. The van der Waals surface area contributed by atoms with Crippen molar-refractivity contribution in [1.82, 2.24) is 5.43 Å². The topological polar surface area (TPSA) is 85.9 Å². The Morgan fingerprint density at radius 2 is 2.07 bits per heavy atom. The summed E-state index contributed by atoms with van der Waals surface area (Å²) in [5, 5.41) is 5.13. The summed E-state index contributed by atoms with van der Waals surface area (Å²) in [6.07, 6.45) is 1.51. The molecule has 3 N–H and O–H groups in total. The molecule has 0 saturated heterocycles. The normalized spacial score (nSPS) is 10.9. The molecule has 0 unspecified atom stereocenters. The number of carbonyl (C=O) groups is 1. The van der Waals surface area contributed by atoms with Crippen LogP contribution in [0, 0.1) is 0 Å². The van der Waals surface area contributed by atoms with Gasteiger partial charge < -0.3 is 15.2 Å². The van der Waals surface area contributed by atoms with Gasteiger partial charge in [0.2, 0.25) is 0 Å². The number of fused-ring (bicyclic) bond motifs is 1. The summed E-state index contributed by atoms with van der Waals surface area (Å²) in [4.78, 5) is 12.9. The van der Waals surface area contributed by atoms with Gasteiger partial charge in [0.1, 0.15) is 4.88 Å². The molecule has 0 fully saturated rings. The van der Waals surface area contributed by atoms with E-state index < -0.39 is 5.97 Å². The molecule has 0 aliphatic heterocycles. The highest BCUT2D eigenvalue weighted by atomic mass is 35.5. The second-order valence-electron chi connectivity index (χ2n) is 5.28. The zero-order chi connectivity index (χ0) is 19.4. The first-order valence-electron chi connectivity index (χ1n) is 7.65. The third-order valence-corrected chi connectivity index (χ3v) is 5.25. The third kappa shape index (κ3) is 4.36. The van der Waals surface area contributed by atoms with Gasteiger partial charge >= 0.3 is 5.97 Å². The number of hydrazone groups is 1. The highest BCUT2D eigenvalue weighted by molar-refractivity contribution is 7.80. The number of rotatable bonds is 5. The van der Waals surface area contributed by atoms with Gasteiger partial charge in [0.25, 0.3) is 0 Å². The van der Waals surface area contributed by atoms with Crippen LogP contribution in [0.5, 0.6) is 11.5 Å². The van der Waals surface area contributed by atoms with Crippen LogP contribution in [0.25, 0.3) is 10.1 Å². The number of hydrogen-bond donors (Lipinski definition) is 2. The van der Waals surface area contributed by atoms with Crippen LogP contribution in [0.4, 0.5) is 0 Å². The fraction of sp³-hybridized carbons (Fsp3) is 0.0556. The van der Waals surface area contributed by atoms with Crippen LogP contribution in [0.3, 0.4) is 0 Å². The van der Waals surface area contributed by atoms with Gasteiger partial charge in [-0.2, -0.15) is 5.10 Å². The minimum Gasteiger partial charge on any atom is -0.493 e. The Bertz CT molecular complexity index is 1050. The molecule has 138 valence electrons. The number of carbonyl (C=O) groups excluding carboxylic acids is 1. The van der Waals surface area contributed by atoms with Gasteiger partial charge in [-0.1, -0.05) is 29.8 Å². The molecule has 9 heteroatoms. The number of ether oxygens (including phenoxy) is 2. The van der Waals surface area contributed by atoms with Gasteiger partial charge in [-0.3, -0.25) is 5.43 Å². The van der Waals surface area contributed by atoms with Gasteiger partial charge in [0, 0.05) is 10.1 Å². The van der Waals surface area contributed by atoms with E-state index in [1.807, 2.05) is 24.3 Å². The minimum absolute atomic E-state index is 0.0592. The molecule has 0 aliphatic carbocycles. The first-order valence-corrected chi connectivity index (χ1v) is 9.25. The van der Waals surface area contributed by atoms with E-state index in [1.54, 1.807) is 18.2 Å². The number of halogens is 1. The van der Waals surface area contributed by atoms with Gasteiger partial charge in [0.05, 0.1) is 18.3 Å². The predicted molar refractivity (Wildman–Crippen MR) is 112 cm³/mol. The number of thiophene rings is 1. The second kappa shape index (κ2) is 8.34. The minimum atomic E-state index is -0.545. The molecule has 2 aromatic carbocycles. The molecule has 0 spiro atoms. The molecular weight excluding hydrogens is 406 g/mol. The number of methoxy groups -OCH3 is 1. The number of nitrogens with two attached hydrogens (primary N) is 1. The lowest BCUT2D eigenvalue weighted by Crippen LogP contribution is -2.23. The molecule has 0 saturated carbocycles. The van der Waals surface area contributed by atoms with Crippen LogP contribution >= 0.6 is 35.2 Å². The number of nitrogens with zero attached hydrogens (tertiary/aromatic N) is 1. The van der Waals surface area contributed by atoms with Gasteiger partial charge in [-0.05, 0) is 42.0 Å². The van der Waals surface area contributed by atoms with E-state index in [-0.39, 0.29) is 10.9 Å². The van der Waals surface area contributed by atoms with Crippen LogP contribution in [0.1, 0.15) is 15.2 Å². The summed E-state index contributed by atoms with van der Waals surface area (Å²) >= 11 is 12.3. The molecule has 0 amide bonds. The summed E-state index contributed by atoms with van der Waals surface area (Å²) in [5.74, 6) is 0.103. The molecule has 0 aliphatic rings. The highest BCUT2D eigenvalue weighted by Gasteiger charge is 2.20. The van der Waals surface area contributed by atoms with Crippen molar-refractivity contribution in [2.45, 2.75) is 0 Å². The Balaban J connectivity index is 1.83. The molecule has 6 nitrogen and oxygen atoms in total. The SMILES string of the molecule is COc1cc(C=NNC(N)=S)ccc1OC(=O)c1sc2ccccc2c1Cl. The molecule has 3 aromatic rings. The standard InChI is InChI=1S/C18H14ClN3O3S2/c1-24-13-8-10(9-21-22-18(20)26)6-7-12(13)25-17(23)16-15(19)11-4-2-3-5-14(11)27-16/h2-9H,1H3,(H3,20,22,26). The summed E-state index contributed by atoms with van der Waals surface area (Å²) in [5.41, 5.74) is 8.46. The molecule has 1 aromatic heterocycles. The van der Waals surface area contributed by atoms with Crippen molar-refractivity contribution in [2.24, 2.45) is 10.8 Å². The molecule has 3 rings (SSSR count). The predicted octanol–water partition coefficient (Wildman–Crippen LogP) is 3.95. The van der Waals surface area contributed by atoms with Crippen molar-refractivity contribution in [1.29, 1.82) is 0 Å². The fourth-order valence-electron chi connectivity index (χ4n) is 2.31. The van der Waals surface area contributed by atoms with E-state index in [2.05, 4.69) is 22.7 Å². The lowest BCUT2D eigenvalue weighted by molar-refractivity contribution is 0.0735. The van der Waals surface area contributed by atoms with Crippen LogP contribution in [-0.2, 0) is 0 Å². The van der Waals surface area contributed by atoms with E-state index in [4.69, 9.17) is 26.8 Å². The summed E-state index contributed by atoms with van der Waals surface area (Å²) in [6.45, 7) is 0. The number of nitrogens with one attached hydrogen (secondary N) is 1. The van der Waals surface area contributed by atoms with Crippen LogP contribution in [-0.4, -0.2) is 24.4 Å². The second-order valence-corrected chi connectivity index (χ2v) is 7.15. The van der Waals surface area contributed by atoms with Crippen molar-refractivity contribution in [3.63, 3.8) is 0 Å². The zero-order valence-corrected chi connectivity index (χ0v) is 16.5. The van der Waals surface area contributed by atoms with Crippen LogP contribution < -0.4 is 20.6 Å². The lowest BCUT2D eigenvalue weighted by atomic mass is 10.2. The first kappa shape index (κ1) is 19.1. The van der Waals surface area contributed by atoms with E-state index in [9.17, 15) is 4.79 Å². The van der Waals surface area contributed by atoms with Gasteiger partial charge in [0.15, 0.2) is 16.6 Å². The van der Waals surface area contributed by atoms with Gasteiger partial charge in [-0.25, -0.2) is 4.79 Å². The van der Waals surface area contributed by atoms with Crippen molar-refractivity contribution in [2.75, 3.05) is 7.11 Å². The van der Waals surface area contributed by atoms with E-state index >= 15 is 0 Å². The highest BCUT2D eigenvalue weighted by Crippen LogP contribution is 2.36. The molecule has 1 heterocycles. The monoisotopic (exact) mass is 419 g/mol. The summed E-state index contributed by atoms with van der Waals surface area (Å²) in [7, 11) is 1.48. The average molecular weight is 420 g/mol. The van der Waals surface area contributed by atoms with Crippen molar-refractivity contribution >= 4 is 62.5 Å². The lowest BCUT2D eigenvalue weighted by Gasteiger charge is -2.09. The third-order valence-electron chi connectivity index (χ3n) is 3.50. The fourth-order valence-corrected chi connectivity index (χ4v) is 3.75. The largest absolute Gasteiger partial charge is 0.493 e. The smallest absolute Gasteiger partial charge is 0.355 e. The summed E-state index contributed by atoms with van der Waals surface area (Å²) < 4.78 is 11.7. The van der Waals surface area contributed by atoms with Gasteiger partial charge in [-0.15, -0.1) is 11.3 Å².